The van der Waals surface area contributed by atoms with Gasteiger partial charge >= 0.3 is 0 Å². The van der Waals surface area contributed by atoms with Gasteiger partial charge in [0.05, 0.1) is 0 Å². The fourth-order valence-corrected chi connectivity index (χ4v) is 10.7. The normalized spacial score (nSPS) is 13.7. The number of nitrogens with zero attached hydrogens (tertiary/aromatic N) is 4. The summed E-state index contributed by atoms with van der Waals surface area (Å²) in [4.78, 5) is 0. The number of pyridine rings is 4. The van der Waals surface area contributed by atoms with Crippen molar-refractivity contribution in [1.29, 1.82) is 0 Å². The van der Waals surface area contributed by atoms with Crippen molar-refractivity contribution in [3.05, 3.63) is 211 Å². The molecule has 4 heteroatoms. The van der Waals surface area contributed by atoms with E-state index >= 15 is 0 Å². The molecule has 0 fully saturated rings. The highest BCUT2D eigenvalue weighted by atomic mass is 14.9. The predicted octanol–water partition coefficient (Wildman–Crippen LogP) is 18.2. The van der Waals surface area contributed by atoms with Crippen molar-refractivity contribution in [3.8, 4) is 45.0 Å². The molecule has 8 aromatic rings. The molecular formula is C75H102N4+4. The van der Waals surface area contributed by atoms with E-state index in [1.54, 1.807) is 24.3 Å². The van der Waals surface area contributed by atoms with Gasteiger partial charge in [-0.15, -0.1) is 0 Å². The van der Waals surface area contributed by atoms with E-state index in [-0.39, 0.29) is 0 Å². The van der Waals surface area contributed by atoms with Crippen molar-refractivity contribution in [3.63, 3.8) is 0 Å². The molecule has 0 aliphatic carbocycles. The average molecular weight is 1070 g/mol. The minimum Gasteiger partial charge on any atom is -0.201 e. The molecule has 418 valence electrons. The van der Waals surface area contributed by atoms with Gasteiger partial charge in [0, 0.05) is 81.1 Å². The monoisotopic (exact) mass is 1070 g/mol. The van der Waals surface area contributed by atoms with Gasteiger partial charge in [0.1, 0.15) is 28.2 Å². The van der Waals surface area contributed by atoms with Gasteiger partial charge in [0.25, 0.3) is 0 Å². The van der Waals surface area contributed by atoms with E-state index in [0.717, 1.165) is 55.9 Å². The van der Waals surface area contributed by atoms with Crippen LogP contribution < -0.4 is 18.3 Å². The molecule has 0 saturated carbocycles. The van der Waals surface area contributed by atoms with E-state index in [4.69, 9.17) is 12.3 Å². The van der Waals surface area contributed by atoms with E-state index in [1.165, 1.54) is 61.5 Å². The van der Waals surface area contributed by atoms with Crippen LogP contribution in [0.15, 0.2) is 128 Å². The molecule has 0 N–H and O–H groups in total. The Kier molecular flexibility index (Phi) is 17.7. The molecule has 4 heterocycles. The Morgan fingerprint density at radius 2 is 0.633 bits per heavy atom. The first-order valence-electron chi connectivity index (χ1n) is 32.8. The second-order valence-corrected chi connectivity index (χ2v) is 23.7. The maximum Gasteiger partial charge on any atom is 0.212 e. The largest absolute Gasteiger partial charge is 0.212 e. The molecule has 0 amide bonds. The highest BCUT2D eigenvalue weighted by Gasteiger charge is 2.23. The van der Waals surface area contributed by atoms with Crippen LogP contribution in [0.4, 0.5) is 0 Å². The van der Waals surface area contributed by atoms with Crippen LogP contribution in [0.25, 0.3) is 45.0 Å². The SMILES string of the molecule is Cc1ccc(-c2cc(C)c(C(C)C)c[n+]2C)c(C)c1.Cc1ccccc1-c1cc(C(C)C)c(C(C)C)c[n+]1C.[2H]C([2H])([2H])c1ccc(-c2cc(C([2H])(C)C)c(C([2H])(C)C)c[n+]2C)c(C)c1.[2H]C([2H])([2H])c1ccc(-c2cc(C)c(C([2H])(C)C)c[n+]2C)c(C)c1. The van der Waals surface area contributed by atoms with Gasteiger partial charge in [-0.25, -0.2) is 18.3 Å². The lowest BCUT2D eigenvalue weighted by Crippen LogP contribution is -2.32. The number of aromatic nitrogens is 4. The Labute approximate surface area is 494 Å². The molecular weight excluding hydrogens is 957 g/mol. The highest BCUT2D eigenvalue weighted by Crippen LogP contribution is 2.33. The maximum atomic E-state index is 8.53. The minimum absolute atomic E-state index is 0.325. The van der Waals surface area contributed by atoms with E-state index in [2.05, 4.69) is 166 Å². The summed E-state index contributed by atoms with van der Waals surface area (Å²) in [5.74, 6) is -0.631. The van der Waals surface area contributed by atoms with Gasteiger partial charge in [0.15, 0.2) is 24.8 Å². The summed E-state index contributed by atoms with van der Waals surface area (Å²) in [6.07, 6.45) is 8.50. The maximum absolute atomic E-state index is 8.53. The Balaban J connectivity index is 0.000000215. The van der Waals surface area contributed by atoms with Gasteiger partial charge < -0.3 is 0 Å². The first-order valence-corrected chi connectivity index (χ1v) is 28.3. The first-order chi connectivity index (χ1) is 40.3. The smallest absolute Gasteiger partial charge is 0.201 e. The van der Waals surface area contributed by atoms with E-state index in [1.807, 2.05) is 116 Å². The average Bonchev–Trinajstić information content (AvgIpc) is 1.75. The zero-order chi connectivity index (χ0) is 66.7. The topological polar surface area (TPSA) is 15.5 Å². The summed E-state index contributed by atoms with van der Waals surface area (Å²) in [7, 11) is 8.17. The third-order valence-electron chi connectivity index (χ3n) is 15.2. The van der Waals surface area contributed by atoms with Gasteiger partial charge in [-0.1, -0.05) is 154 Å². The summed E-state index contributed by atoms with van der Waals surface area (Å²) in [5, 5.41) is 0. The van der Waals surface area contributed by atoms with E-state index < -0.39 is 31.4 Å². The molecule has 4 nitrogen and oxygen atoms in total. The van der Waals surface area contributed by atoms with Crippen LogP contribution in [0, 0.1) is 62.2 Å². The Hall–Kier alpha value is -6.52. The number of hydrogen-bond donors (Lipinski definition) is 0. The third-order valence-corrected chi connectivity index (χ3v) is 15.2. The molecule has 0 radical (unpaired) electrons. The van der Waals surface area contributed by atoms with Crippen molar-refractivity contribution in [1.82, 2.24) is 0 Å². The summed E-state index contributed by atoms with van der Waals surface area (Å²) in [6, 6.07) is 34.5. The lowest BCUT2D eigenvalue weighted by molar-refractivity contribution is -0.661. The summed E-state index contributed by atoms with van der Waals surface area (Å²) in [5.41, 5.74) is 25.0. The molecule has 0 aliphatic heterocycles. The number of hydrogen-bond acceptors (Lipinski definition) is 0. The van der Waals surface area contributed by atoms with E-state index in [0.29, 0.717) is 28.9 Å². The van der Waals surface area contributed by atoms with Crippen LogP contribution in [-0.2, 0) is 28.2 Å². The van der Waals surface area contributed by atoms with Crippen LogP contribution in [0.1, 0.15) is 214 Å². The second-order valence-electron chi connectivity index (χ2n) is 23.7. The molecule has 0 atom stereocenters. The molecule has 8 rings (SSSR count). The Morgan fingerprint density at radius 1 is 0.304 bits per heavy atom. The van der Waals surface area contributed by atoms with Crippen molar-refractivity contribution in [2.45, 2.75) is 181 Å². The van der Waals surface area contributed by atoms with Crippen LogP contribution in [0.2, 0.25) is 0 Å². The fraction of sp³-hybridized carbons (Fsp3) is 0.413. The highest BCUT2D eigenvalue weighted by molar-refractivity contribution is 5.65. The fourth-order valence-electron chi connectivity index (χ4n) is 10.7. The van der Waals surface area contributed by atoms with Crippen LogP contribution >= 0.6 is 0 Å². The summed E-state index contributed by atoms with van der Waals surface area (Å²) >= 11 is 0. The Morgan fingerprint density at radius 3 is 1.03 bits per heavy atom. The second kappa shape index (κ2) is 27.6. The standard InChI is InChI=1S/C20H28N.C19H26N.2C18H24N/c1-13(2)18-11-20(21(7)12-19(18)14(3)4)17-9-8-15(5)10-16(17)6;1-13(2)17-11-19(16-10-8-7-9-15(16)5)20(6)12-18(17)14(3)4;2*1-12(2)17-11-19(6)18(10-15(17)5)16-8-7-13(3)9-14(16)4/h8-14H,1-7H3;7-14H,1-6H3;2*7-12H,1-6H3/q4*+1/i5D3,13D,14D;;3D3,12D;. The van der Waals surface area contributed by atoms with Crippen LogP contribution in [-0.4, -0.2) is 0 Å². The molecule has 4 aromatic heterocycles. The quantitative estimate of drug-likeness (QED) is 0.121. The molecule has 0 spiro atoms. The Bertz CT molecular complexity index is 3770. The molecule has 0 unspecified atom stereocenters. The lowest BCUT2D eigenvalue weighted by Gasteiger charge is -2.16. The van der Waals surface area contributed by atoms with Gasteiger partial charge in [-0.3, -0.25) is 0 Å². The zero-order valence-electron chi connectivity index (χ0n) is 61.6. The van der Waals surface area contributed by atoms with Crippen LogP contribution in [0.5, 0.6) is 0 Å². The lowest BCUT2D eigenvalue weighted by atomic mass is 9.90. The van der Waals surface area contributed by atoms with Gasteiger partial charge in [-0.05, 0) is 166 Å². The molecule has 79 heavy (non-hydrogen) atoms. The number of aryl methyl sites for hydroxylation is 13. The number of benzene rings is 4. The summed E-state index contributed by atoms with van der Waals surface area (Å²) in [6.45, 7) is 35.0. The molecule has 4 aromatic carbocycles. The first kappa shape index (κ1) is 50.7. The van der Waals surface area contributed by atoms with Crippen LogP contribution in [0.3, 0.4) is 0 Å². The predicted molar refractivity (Wildman–Crippen MR) is 339 cm³/mol. The molecule has 0 bridgehead atoms. The van der Waals surface area contributed by atoms with Crippen molar-refractivity contribution in [2.24, 2.45) is 28.2 Å². The zero-order valence-corrected chi connectivity index (χ0v) is 52.6. The number of rotatable bonds is 10. The van der Waals surface area contributed by atoms with Crippen molar-refractivity contribution >= 4 is 0 Å². The van der Waals surface area contributed by atoms with Gasteiger partial charge in [-0.2, -0.15) is 0 Å². The van der Waals surface area contributed by atoms with Crippen molar-refractivity contribution < 1.29 is 30.6 Å². The van der Waals surface area contributed by atoms with Gasteiger partial charge in [0.2, 0.25) is 22.8 Å². The third kappa shape index (κ3) is 15.9. The summed E-state index contributed by atoms with van der Waals surface area (Å²) < 4.78 is 79.0. The van der Waals surface area contributed by atoms with Crippen molar-refractivity contribution in [2.75, 3.05) is 0 Å². The molecule has 0 saturated heterocycles. The minimum atomic E-state index is -2.13. The van der Waals surface area contributed by atoms with E-state index in [9.17, 15) is 0 Å². The molecule has 0 aliphatic rings.